The van der Waals surface area contributed by atoms with Crippen molar-refractivity contribution < 1.29 is 31.9 Å². The zero-order valence-electron chi connectivity index (χ0n) is 23.5. The predicted octanol–water partition coefficient (Wildman–Crippen LogP) is 6.48. The van der Waals surface area contributed by atoms with Crippen LogP contribution in [0.5, 0.6) is 5.75 Å². The van der Waals surface area contributed by atoms with Crippen molar-refractivity contribution in [2.45, 2.75) is 32.5 Å². The van der Waals surface area contributed by atoms with E-state index in [2.05, 4.69) is 25.1 Å². The van der Waals surface area contributed by atoms with Crippen molar-refractivity contribution in [3.05, 3.63) is 90.0 Å². The fraction of sp³-hybridized carbons (Fsp3) is 0.233. The van der Waals surface area contributed by atoms with E-state index < -0.39 is 18.2 Å². The fourth-order valence-corrected chi connectivity index (χ4v) is 5.31. The molecule has 1 aliphatic rings. The average molecular weight is 627 g/mol. The topological polar surface area (TPSA) is 102 Å². The molecule has 3 aromatic carbocycles. The standard InChI is InChI=1S/C30H26F4N6O3S/c1-18(2)24-15-21(31)7-12-25(24)40-26(41)16-44-29(40)37-28(42)35-14-13-19-3-5-20(6-4-19)27-36-17-39(38-27)22-8-10-23(11-9-22)43-30(32,33)34/h3-12,15,17-18H,13-14,16H2,1-2H3,(H,35,42). The molecular formula is C30H26F4N6O3S. The Kier molecular flexibility index (Phi) is 8.99. The summed E-state index contributed by atoms with van der Waals surface area (Å²) < 4.78 is 56.3. The lowest BCUT2D eigenvalue weighted by atomic mass is 10.0. The van der Waals surface area contributed by atoms with Crippen molar-refractivity contribution in [3.8, 4) is 22.8 Å². The number of hydrogen-bond donors (Lipinski definition) is 1. The Morgan fingerprint density at radius 1 is 1.09 bits per heavy atom. The number of halogens is 4. The van der Waals surface area contributed by atoms with Crippen molar-refractivity contribution in [3.63, 3.8) is 0 Å². The third kappa shape index (κ3) is 7.43. The number of nitrogens with one attached hydrogen (secondary N) is 1. The number of amides is 3. The van der Waals surface area contributed by atoms with Gasteiger partial charge in [-0.25, -0.2) is 18.9 Å². The minimum atomic E-state index is -4.77. The number of thioether (sulfide) groups is 1. The van der Waals surface area contributed by atoms with Crippen molar-refractivity contribution in [1.82, 2.24) is 20.1 Å². The molecule has 1 fully saturated rings. The summed E-state index contributed by atoms with van der Waals surface area (Å²) in [5.41, 5.74) is 3.32. The number of anilines is 1. The van der Waals surface area contributed by atoms with E-state index in [1.165, 1.54) is 58.4 Å². The van der Waals surface area contributed by atoms with Gasteiger partial charge in [-0.2, -0.15) is 4.99 Å². The number of benzene rings is 3. The second-order valence-electron chi connectivity index (χ2n) is 10.0. The van der Waals surface area contributed by atoms with Gasteiger partial charge in [0.2, 0.25) is 5.91 Å². The maximum Gasteiger partial charge on any atom is 0.573 e. The van der Waals surface area contributed by atoms with E-state index in [1.54, 1.807) is 0 Å². The first-order valence-electron chi connectivity index (χ1n) is 13.5. The molecule has 44 heavy (non-hydrogen) atoms. The van der Waals surface area contributed by atoms with Gasteiger partial charge in [0.05, 0.1) is 17.1 Å². The molecule has 3 amide bonds. The number of aliphatic imine (C=N–C) groups is 1. The van der Waals surface area contributed by atoms with E-state index in [9.17, 15) is 27.2 Å². The maximum absolute atomic E-state index is 13.9. The van der Waals surface area contributed by atoms with E-state index in [0.29, 0.717) is 35.7 Å². The lowest BCUT2D eigenvalue weighted by molar-refractivity contribution is -0.274. The molecule has 0 atom stereocenters. The minimum absolute atomic E-state index is 0.0467. The van der Waals surface area contributed by atoms with Gasteiger partial charge in [0.1, 0.15) is 17.9 Å². The number of amidine groups is 1. The van der Waals surface area contributed by atoms with Crippen LogP contribution in [0.15, 0.2) is 78.0 Å². The molecule has 0 spiro atoms. The van der Waals surface area contributed by atoms with Gasteiger partial charge in [-0.15, -0.1) is 18.3 Å². The summed E-state index contributed by atoms with van der Waals surface area (Å²) in [5, 5.41) is 7.37. The summed E-state index contributed by atoms with van der Waals surface area (Å²) in [6.07, 6.45) is -2.80. The number of hydrogen-bond acceptors (Lipinski definition) is 6. The summed E-state index contributed by atoms with van der Waals surface area (Å²) in [4.78, 5) is 35.0. The zero-order valence-corrected chi connectivity index (χ0v) is 24.3. The predicted molar refractivity (Wildman–Crippen MR) is 158 cm³/mol. The Bertz CT molecular complexity index is 1690. The van der Waals surface area contributed by atoms with Crippen LogP contribution < -0.4 is 15.0 Å². The summed E-state index contributed by atoms with van der Waals surface area (Å²) >= 11 is 1.15. The lowest BCUT2D eigenvalue weighted by Gasteiger charge is -2.21. The molecule has 1 aliphatic heterocycles. The Morgan fingerprint density at radius 3 is 2.50 bits per heavy atom. The van der Waals surface area contributed by atoms with Crippen LogP contribution in [-0.4, -0.2) is 50.5 Å². The molecule has 0 bridgehead atoms. The van der Waals surface area contributed by atoms with Crippen LogP contribution in [0.25, 0.3) is 17.1 Å². The normalized spacial score (nSPS) is 14.5. The summed E-state index contributed by atoms with van der Waals surface area (Å²) in [5.74, 6) is -0.466. The quantitative estimate of drug-likeness (QED) is 0.225. The maximum atomic E-state index is 13.9. The highest BCUT2D eigenvalue weighted by molar-refractivity contribution is 8.15. The van der Waals surface area contributed by atoms with E-state index in [-0.39, 0.29) is 28.5 Å². The van der Waals surface area contributed by atoms with E-state index in [1.807, 2.05) is 38.1 Å². The molecule has 0 unspecified atom stereocenters. The van der Waals surface area contributed by atoms with Crippen LogP contribution in [0.4, 0.5) is 28.0 Å². The van der Waals surface area contributed by atoms with Gasteiger partial charge in [-0.05, 0) is 65.9 Å². The van der Waals surface area contributed by atoms with E-state index in [0.717, 1.165) is 22.9 Å². The van der Waals surface area contributed by atoms with Crippen LogP contribution in [-0.2, 0) is 11.2 Å². The fourth-order valence-electron chi connectivity index (χ4n) is 4.45. The Labute approximate surface area is 254 Å². The van der Waals surface area contributed by atoms with Crippen LogP contribution in [0.2, 0.25) is 0 Å². The number of rotatable bonds is 8. The number of urea groups is 1. The molecule has 5 rings (SSSR count). The molecule has 0 radical (unpaired) electrons. The molecule has 0 saturated carbocycles. The minimum Gasteiger partial charge on any atom is -0.406 e. The second-order valence-corrected chi connectivity index (χ2v) is 10.9. The average Bonchev–Trinajstić information content (AvgIpc) is 3.60. The third-order valence-corrected chi connectivity index (χ3v) is 7.47. The summed E-state index contributed by atoms with van der Waals surface area (Å²) in [7, 11) is 0. The monoisotopic (exact) mass is 626 g/mol. The summed E-state index contributed by atoms with van der Waals surface area (Å²) in [6.45, 7) is 4.09. The van der Waals surface area contributed by atoms with Gasteiger partial charge < -0.3 is 10.1 Å². The highest BCUT2D eigenvalue weighted by Crippen LogP contribution is 2.34. The number of alkyl halides is 3. The largest absolute Gasteiger partial charge is 0.573 e. The molecule has 1 N–H and O–H groups in total. The Hall–Kier alpha value is -4.72. The molecule has 9 nitrogen and oxygen atoms in total. The highest BCUT2D eigenvalue weighted by Gasteiger charge is 2.33. The molecular weight excluding hydrogens is 600 g/mol. The molecule has 228 valence electrons. The van der Waals surface area contributed by atoms with Gasteiger partial charge in [-0.3, -0.25) is 9.69 Å². The van der Waals surface area contributed by atoms with Gasteiger partial charge in [-0.1, -0.05) is 49.9 Å². The van der Waals surface area contributed by atoms with Crippen molar-refractivity contribution in [2.75, 3.05) is 17.2 Å². The molecule has 2 heterocycles. The van der Waals surface area contributed by atoms with Crippen molar-refractivity contribution in [1.29, 1.82) is 0 Å². The third-order valence-electron chi connectivity index (χ3n) is 6.54. The Morgan fingerprint density at radius 2 is 1.82 bits per heavy atom. The van der Waals surface area contributed by atoms with Crippen molar-refractivity contribution in [2.24, 2.45) is 4.99 Å². The highest BCUT2D eigenvalue weighted by atomic mass is 32.2. The number of carbonyl (C=O) groups is 2. The van der Waals surface area contributed by atoms with Crippen LogP contribution in [0, 0.1) is 5.82 Å². The smallest absolute Gasteiger partial charge is 0.406 e. The van der Waals surface area contributed by atoms with E-state index in [4.69, 9.17) is 0 Å². The molecule has 14 heteroatoms. The molecule has 1 saturated heterocycles. The van der Waals surface area contributed by atoms with Crippen LogP contribution >= 0.6 is 11.8 Å². The number of aromatic nitrogens is 3. The molecule has 1 aromatic heterocycles. The van der Waals surface area contributed by atoms with Gasteiger partial charge in [0.15, 0.2) is 11.0 Å². The van der Waals surface area contributed by atoms with Crippen LogP contribution in [0.1, 0.15) is 30.9 Å². The second kappa shape index (κ2) is 12.9. The molecule has 4 aromatic rings. The van der Waals surface area contributed by atoms with Crippen LogP contribution in [0.3, 0.4) is 0 Å². The first-order chi connectivity index (χ1) is 21.0. The number of carbonyl (C=O) groups excluding carboxylic acids is 2. The van der Waals surface area contributed by atoms with Gasteiger partial charge in [0, 0.05) is 12.1 Å². The van der Waals surface area contributed by atoms with Gasteiger partial charge in [0.25, 0.3) is 0 Å². The van der Waals surface area contributed by atoms with E-state index >= 15 is 0 Å². The zero-order chi connectivity index (χ0) is 31.4. The SMILES string of the molecule is CC(C)c1cc(F)ccc1N1C(=O)CSC1=NC(=O)NCCc1ccc(-c2ncn(-c3ccc(OC(F)(F)F)cc3)n2)cc1. The van der Waals surface area contributed by atoms with Crippen molar-refractivity contribution >= 4 is 34.6 Å². The Balaban J connectivity index is 1.17. The molecule has 0 aliphatic carbocycles. The first kappa shape index (κ1) is 30.7. The summed E-state index contributed by atoms with van der Waals surface area (Å²) in [6, 6.07) is 16.3. The van der Waals surface area contributed by atoms with Gasteiger partial charge >= 0.3 is 12.4 Å². The number of ether oxygens (including phenoxy) is 1. The number of nitrogens with zero attached hydrogens (tertiary/aromatic N) is 5. The lowest BCUT2D eigenvalue weighted by Crippen LogP contribution is -2.32. The first-order valence-corrected chi connectivity index (χ1v) is 14.4.